The van der Waals surface area contributed by atoms with Crippen LogP contribution in [0.3, 0.4) is 0 Å². The van der Waals surface area contributed by atoms with E-state index in [1.54, 1.807) is 0 Å². The third kappa shape index (κ3) is 1.68. The Kier molecular flexibility index (Phi) is 2.50. The number of anilines is 1. The fourth-order valence-corrected chi connectivity index (χ4v) is 1.74. The normalized spacial score (nSPS) is 16.5. The molecule has 1 N–H and O–H groups in total. The van der Waals surface area contributed by atoms with Crippen LogP contribution in [0.25, 0.3) is 0 Å². The second-order valence-electron chi connectivity index (χ2n) is 3.31. The molecule has 1 heterocycles. The molecule has 13 heavy (non-hydrogen) atoms. The zero-order chi connectivity index (χ0) is 9.10. The highest BCUT2D eigenvalue weighted by molar-refractivity contribution is 5.55. The highest BCUT2D eigenvalue weighted by Crippen LogP contribution is 2.26. The maximum atomic E-state index is 9.14. The number of rotatable bonds is 2. The lowest BCUT2D eigenvalue weighted by Gasteiger charge is -2.19. The number of hydrogen-bond acceptors (Lipinski definition) is 2. The van der Waals surface area contributed by atoms with Gasteiger partial charge in [0.25, 0.3) is 0 Å². The molecule has 0 aliphatic carbocycles. The number of para-hydroxylation sites is 1. The zero-order valence-electron chi connectivity index (χ0n) is 7.61. The van der Waals surface area contributed by atoms with Crippen molar-refractivity contribution < 1.29 is 5.11 Å². The van der Waals surface area contributed by atoms with E-state index in [9.17, 15) is 0 Å². The molecule has 0 saturated carbocycles. The van der Waals surface area contributed by atoms with Gasteiger partial charge in [-0.15, -0.1) is 0 Å². The monoisotopic (exact) mass is 176 g/mol. The lowest BCUT2D eigenvalue weighted by atomic mass is 10.2. The van der Waals surface area contributed by atoms with Crippen LogP contribution in [0.1, 0.15) is 18.4 Å². The van der Waals surface area contributed by atoms with Crippen molar-refractivity contribution in [1.29, 1.82) is 0 Å². The molecule has 0 bridgehead atoms. The summed E-state index contributed by atoms with van der Waals surface area (Å²) in [6.45, 7) is 3.41. The van der Waals surface area contributed by atoms with Gasteiger partial charge in [0.05, 0.1) is 6.61 Å². The smallest absolute Gasteiger partial charge is 0.0702 e. The minimum Gasteiger partial charge on any atom is -0.392 e. The Labute approximate surface area is 78.8 Å². The quantitative estimate of drug-likeness (QED) is 0.744. The van der Waals surface area contributed by atoms with Crippen molar-refractivity contribution >= 4 is 5.69 Å². The van der Waals surface area contributed by atoms with Gasteiger partial charge in [-0.25, -0.2) is 0 Å². The number of hydrogen-bond donors (Lipinski definition) is 1. The van der Waals surface area contributed by atoms with Gasteiger partial charge >= 0.3 is 0 Å². The van der Waals surface area contributed by atoms with E-state index in [4.69, 9.17) is 5.11 Å². The summed E-state index contributed by atoms with van der Waals surface area (Å²) in [4.78, 5) is 2.23. The van der Waals surface area contributed by atoms with Gasteiger partial charge in [0.1, 0.15) is 0 Å². The summed E-state index contributed by atoms with van der Waals surface area (Å²) < 4.78 is 0. The average molecular weight is 176 g/mol. The Morgan fingerprint density at radius 1 is 1.31 bits per heavy atom. The second-order valence-corrected chi connectivity index (χ2v) is 3.31. The first-order chi connectivity index (χ1) is 6.42. The minimum absolute atomic E-state index is 0.126. The molecule has 1 aromatic carbocycles. The largest absolute Gasteiger partial charge is 0.392 e. The van der Waals surface area contributed by atoms with Crippen molar-refractivity contribution in [2.45, 2.75) is 19.4 Å². The molecule has 1 aliphatic heterocycles. The van der Waals surface area contributed by atoms with Crippen molar-refractivity contribution in [1.82, 2.24) is 0 Å². The third-order valence-electron chi connectivity index (χ3n) is 2.42. The highest BCUT2D eigenvalue weighted by Gasteiger charge is 2.14. The molecular formula is C11H14NO. The summed E-state index contributed by atoms with van der Waals surface area (Å²) in [6.07, 6.45) is 2.37. The predicted octanol–water partition coefficient (Wildman–Crippen LogP) is 1.94. The predicted molar refractivity (Wildman–Crippen MR) is 53.2 cm³/mol. The van der Waals surface area contributed by atoms with Gasteiger partial charge in [0.15, 0.2) is 0 Å². The number of aliphatic hydroxyl groups excluding tert-OH is 1. The molecule has 2 heteroatoms. The summed E-state index contributed by atoms with van der Waals surface area (Å²) in [7, 11) is 0. The van der Waals surface area contributed by atoms with Crippen molar-refractivity contribution in [3.63, 3.8) is 0 Å². The van der Waals surface area contributed by atoms with Crippen LogP contribution in [0.5, 0.6) is 0 Å². The Balaban J connectivity index is 2.26. The van der Waals surface area contributed by atoms with Gasteiger partial charge in [-0.2, -0.15) is 0 Å². The summed E-state index contributed by atoms with van der Waals surface area (Å²) in [5.74, 6) is 0. The van der Waals surface area contributed by atoms with Crippen molar-refractivity contribution in [3.05, 3.63) is 36.4 Å². The Morgan fingerprint density at radius 3 is 2.85 bits per heavy atom. The van der Waals surface area contributed by atoms with E-state index in [1.165, 1.54) is 6.42 Å². The molecule has 1 fully saturated rings. The van der Waals surface area contributed by atoms with E-state index in [0.717, 1.165) is 24.2 Å². The van der Waals surface area contributed by atoms with Crippen LogP contribution in [-0.2, 0) is 6.61 Å². The van der Waals surface area contributed by atoms with E-state index < -0.39 is 0 Å². The Hall–Kier alpha value is -1.02. The first-order valence-electron chi connectivity index (χ1n) is 4.70. The van der Waals surface area contributed by atoms with Crippen LogP contribution in [0, 0.1) is 6.54 Å². The van der Waals surface area contributed by atoms with Gasteiger partial charge in [0.2, 0.25) is 0 Å². The standard InChI is InChI=1S/C11H14NO/c13-9-10-5-1-2-6-11(10)12-7-3-4-8-12/h1-2,5-7,13H,3-4,8-9H2. The molecule has 1 radical (unpaired) electrons. The average Bonchev–Trinajstić information content (AvgIpc) is 2.70. The molecule has 2 nitrogen and oxygen atoms in total. The number of nitrogens with zero attached hydrogens (tertiary/aromatic N) is 1. The minimum atomic E-state index is 0.126. The second kappa shape index (κ2) is 3.79. The van der Waals surface area contributed by atoms with Crippen molar-refractivity contribution in [2.75, 3.05) is 11.4 Å². The first kappa shape index (κ1) is 8.57. The van der Waals surface area contributed by atoms with Crippen LogP contribution >= 0.6 is 0 Å². The van der Waals surface area contributed by atoms with E-state index in [2.05, 4.69) is 17.5 Å². The van der Waals surface area contributed by atoms with Crippen molar-refractivity contribution in [3.8, 4) is 0 Å². The molecule has 1 saturated heterocycles. The molecule has 2 rings (SSSR count). The molecule has 1 aromatic rings. The maximum absolute atomic E-state index is 9.14. The Bertz CT molecular complexity index is 279. The molecule has 0 amide bonds. The lowest BCUT2D eigenvalue weighted by molar-refractivity contribution is 0.282. The van der Waals surface area contributed by atoms with Gasteiger partial charge in [-0.05, 0) is 18.9 Å². The van der Waals surface area contributed by atoms with Crippen molar-refractivity contribution in [2.24, 2.45) is 0 Å². The van der Waals surface area contributed by atoms with E-state index >= 15 is 0 Å². The summed E-state index contributed by atoms with van der Waals surface area (Å²) in [6, 6.07) is 8.01. The third-order valence-corrected chi connectivity index (χ3v) is 2.42. The summed E-state index contributed by atoms with van der Waals surface area (Å²) in [5.41, 5.74) is 2.17. The van der Waals surface area contributed by atoms with Gasteiger partial charge in [-0.1, -0.05) is 18.2 Å². The van der Waals surface area contributed by atoms with Crippen LogP contribution in [0.15, 0.2) is 24.3 Å². The fraction of sp³-hybridized carbons (Fsp3) is 0.364. The first-order valence-corrected chi connectivity index (χ1v) is 4.70. The fourth-order valence-electron chi connectivity index (χ4n) is 1.74. The number of benzene rings is 1. The molecule has 1 aliphatic rings. The molecule has 0 aromatic heterocycles. The topological polar surface area (TPSA) is 23.5 Å². The molecular weight excluding hydrogens is 162 g/mol. The van der Waals surface area contributed by atoms with Crippen LogP contribution in [-0.4, -0.2) is 11.7 Å². The Morgan fingerprint density at radius 2 is 2.15 bits per heavy atom. The lowest BCUT2D eigenvalue weighted by Crippen LogP contribution is -2.15. The zero-order valence-corrected chi connectivity index (χ0v) is 7.61. The molecule has 0 atom stereocenters. The van der Waals surface area contributed by atoms with Crippen LogP contribution in [0.2, 0.25) is 0 Å². The van der Waals surface area contributed by atoms with Gasteiger partial charge in [0, 0.05) is 24.3 Å². The molecule has 0 unspecified atom stereocenters. The van der Waals surface area contributed by atoms with Crippen LogP contribution in [0.4, 0.5) is 5.69 Å². The molecule has 69 valence electrons. The highest BCUT2D eigenvalue weighted by atomic mass is 16.3. The van der Waals surface area contributed by atoms with Gasteiger partial charge < -0.3 is 10.0 Å². The van der Waals surface area contributed by atoms with Gasteiger partial charge in [-0.3, -0.25) is 0 Å². The SMILES string of the molecule is OCc1ccccc1N1[CH]CCC1. The maximum Gasteiger partial charge on any atom is 0.0702 e. The molecule has 0 spiro atoms. The summed E-state index contributed by atoms with van der Waals surface area (Å²) in [5, 5.41) is 9.14. The van der Waals surface area contributed by atoms with Crippen LogP contribution < -0.4 is 4.90 Å². The van der Waals surface area contributed by atoms with E-state index in [-0.39, 0.29) is 6.61 Å². The number of aliphatic hydroxyl groups is 1. The summed E-state index contributed by atoms with van der Waals surface area (Å²) >= 11 is 0. The van der Waals surface area contributed by atoms with E-state index in [0.29, 0.717) is 0 Å². The van der Waals surface area contributed by atoms with E-state index in [1.807, 2.05) is 18.2 Å².